The molecule has 2 rings (SSSR count). The second kappa shape index (κ2) is 7.17. The summed E-state index contributed by atoms with van der Waals surface area (Å²) in [6.45, 7) is 1.99. The number of rotatable bonds is 5. The number of anilines is 1. The number of amidine groups is 1. The number of oxime groups is 1. The van der Waals surface area contributed by atoms with Crippen LogP contribution in [0.5, 0.6) is 5.75 Å². The first-order chi connectivity index (χ1) is 10.2. The molecule has 1 atom stereocenters. The lowest BCUT2D eigenvalue weighted by molar-refractivity contribution is 0.244. The van der Waals surface area contributed by atoms with Gasteiger partial charge in [0.05, 0.1) is 12.8 Å². The molecule has 4 N–H and O–H groups in total. The first kappa shape index (κ1) is 15.4. The third-order valence-electron chi connectivity index (χ3n) is 3.99. The molecule has 0 spiro atoms. The number of nitrogens with zero attached hydrogens (tertiary/aromatic N) is 2. The average molecular weight is 293 g/mol. The van der Waals surface area contributed by atoms with Crippen LogP contribution >= 0.6 is 0 Å². The number of hydrogen-bond acceptors (Lipinski definition) is 5. The van der Waals surface area contributed by atoms with Gasteiger partial charge < -0.3 is 25.7 Å². The third-order valence-corrected chi connectivity index (χ3v) is 3.99. The number of piperidine rings is 1. The minimum absolute atomic E-state index is 0.0944. The molecule has 1 aromatic carbocycles. The van der Waals surface area contributed by atoms with Crippen LogP contribution in [0.2, 0.25) is 0 Å². The van der Waals surface area contributed by atoms with Crippen LogP contribution in [0.4, 0.5) is 5.69 Å². The summed E-state index contributed by atoms with van der Waals surface area (Å²) in [5, 5.41) is 21.2. The fraction of sp³-hybridized carbons (Fsp3) is 0.533. The quantitative estimate of drug-likeness (QED) is 0.330. The second-order valence-corrected chi connectivity index (χ2v) is 5.33. The van der Waals surface area contributed by atoms with Crippen molar-refractivity contribution in [3.63, 3.8) is 0 Å². The van der Waals surface area contributed by atoms with Gasteiger partial charge in [0.2, 0.25) is 0 Å². The highest BCUT2D eigenvalue weighted by molar-refractivity contribution is 6.02. The van der Waals surface area contributed by atoms with E-state index in [-0.39, 0.29) is 12.4 Å². The van der Waals surface area contributed by atoms with E-state index in [0.717, 1.165) is 43.8 Å². The van der Waals surface area contributed by atoms with Gasteiger partial charge in [-0.3, -0.25) is 0 Å². The van der Waals surface area contributed by atoms with E-state index in [2.05, 4.69) is 10.1 Å². The molecule has 0 aliphatic carbocycles. The summed E-state index contributed by atoms with van der Waals surface area (Å²) in [6, 6.07) is 5.51. The van der Waals surface area contributed by atoms with E-state index in [4.69, 9.17) is 20.8 Å². The van der Waals surface area contributed by atoms with Gasteiger partial charge in [0.25, 0.3) is 0 Å². The molecule has 116 valence electrons. The van der Waals surface area contributed by atoms with E-state index >= 15 is 0 Å². The molecule has 1 aromatic rings. The second-order valence-electron chi connectivity index (χ2n) is 5.33. The van der Waals surface area contributed by atoms with E-state index in [1.54, 1.807) is 19.2 Å². The largest absolute Gasteiger partial charge is 0.497 e. The molecule has 0 bridgehead atoms. The molecular weight excluding hydrogens is 270 g/mol. The van der Waals surface area contributed by atoms with Crippen molar-refractivity contribution >= 4 is 11.5 Å². The topological polar surface area (TPSA) is 91.3 Å². The lowest BCUT2D eigenvalue weighted by Gasteiger charge is -2.35. The SMILES string of the molecule is COc1ccc(/C(N)=N/O)c(N2CCCC(CCO)C2)c1. The zero-order valence-electron chi connectivity index (χ0n) is 12.3. The lowest BCUT2D eigenvalue weighted by atomic mass is 9.94. The Labute approximate surface area is 124 Å². The van der Waals surface area contributed by atoms with Crippen LogP contribution in [0.15, 0.2) is 23.4 Å². The molecule has 6 nitrogen and oxygen atoms in total. The van der Waals surface area contributed by atoms with Crippen molar-refractivity contribution in [3.05, 3.63) is 23.8 Å². The predicted molar refractivity (Wildman–Crippen MR) is 82.1 cm³/mol. The smallest absolute Gasteiger partial charge is 0.172 e. The molecular formula is C15H23N3O3. The maximum Gasteiger partial charge on any atom is 0.172 e. The maximum absolute atomic E-state index is 9.13. The van der Waals surface area contributed by atoms with E-state index in [1.807, 2.05) is 6.07 Å². The molecule has 0 radical (unpaired) electrons. The fourth-order valence-electron chi connectivity index (χ4n) is 2.87. The van der Waals surface area contributed by atoms with Gasteiger partial charge in [-0.15, -0.1) is 0 Å². The average Bonchev–Trinajstić information content (AvgIpc) is 2.54. The summed E-state index contributed by atoms with van der Waals surface area (Å²) < 4.78 is 5.28. The number of benzene rings is 1. The summed E-state index contributed by atoms with van der Waals surface area (Å²) in [5.41, 5.74) is 7.39. The van der Waals surface area contributed by atoms with Gasteiger partial charge in [-0.2, -0.15) is 0 Å². The first-order valence-electron chi connectivity index (χ1n) is 7.21. The number of nitrogens with two attached hydrogens (primary N) is 1. The van der Waals surface area contributed by atoms with Crippen LogP contribution in [0.3, 0.4) is 0 Å². The Hall–Kier alpha value is -1.95. The number of aliphatic hydroxyl groups is 1. The number of methoxy groups -OCH3 is 1. The number of hydrogen-bond donors (Lipinski definition) is 3. The van der Waals surface area contributed by atoms with Crippen molar-refractivity contribution in [3.8, 4) is 5.75 Å². The Kier molecular flexibility index (Phi) is 5.27. The van der Waals surface area contributed by atoms with Crippen molar-refractivity contribution < 1.29 is 15.1 Å². The van der Waals surface area contributed by atoms with Crippen LogP contribution in [-0.2, 0) is 0 Å². The first-order valence-corrected chi connectivity index (χ1v) is 7.21. The Balaban J connectivity index is 2.31. The van der Waals surface area contributed by atoms with E-state index < -0.39 is 0 Å². The van der Waals surface area contributed by atoms with Crippen molar-refractivity contribution in [1.29, 1.82) is 0 Å². The molecule has 6 heteroatoms. The molecule has 0 saturated carbocycles. The monoisotopic (exact) mass is 293 g/mol. The minimum atomic E-state index is 0.0944. The van der Waals surface area contributed by atoms with Gasteiger partial charge in [-0.25, -0.2) is 0 Å². The molecule has 1 saturated heterocycles. The fourth-order valence-corrected chi connectivity index (χ4v) is 2.87. The van der Waals surface area contributed by atoms with Crippen molar-refractivity contribution in [2.24, 2.45) is 16.8 Å². The summed E-state index contributed by atoms with van der Waals surface area (Å²) in [6.07, 6.45) is 3.00. The van der Waals surface area contributed by atoms with Crippen LogP contribution in [-0.4, -0.2) is 43.0 Å². The van der Waals surface area contributed by atoms with Crippen LogP contribution in [0.25, 0.3) is 0 Å². The van der Waals surface area contributed by atoms with Crippen molar-refractivity contribution in [2.45, 2.75) is 19.3 Å². The maximum atomic E-state index is 9.13. The zero-order chi connectivity index (χ0) is 15.2. The zero-order valence-corrected chi connectivity index (χ0v) is 12.3. The van der Waals surface area contributed by atoms with E-state index in [0.29, 0.717) is 11.5 Å². The Bertz CT molecular complexity index is 503. The number of aliphatic hydroxyl groups excluding tert-OH is 1. The Morgan fingerprint density at radius 1 is 1.52 bits per heavy atom. The predicted octanol–water partition coefficient (Wildman–Crippen LogP) is 1.39. The molecule has 0 aromatic heterocycles. The summed E-state index contributed by atoms with van der Waals surface area (Å²) >= 11 is 0. The van der Waals surface area contributed by atoms with Crippen molar-refractivity contribution in [2.75, 3.05) is 31.7 Å². The molecule has 1 aliphatic rings. The standard InChI is InChI=1S/C15H23N3O3/c1-21-12-4-5-13(15(16)17-20)14(9-12)18-7-2-3-11(10-18)6-8-19/h4-5,9,11,19-20H,2-3,6-8,10H2,1H3,(H2,16,17). The highest BCUT2D eigenvalue weighted by Gasteiger charge is 2.23. The Morgan fingerprint density at radius 2 is 2.33 bits per heavy atom. The summed E-state index contributed by atoms with van der Waals surface area (Å²) in [7, 11) is 1.62. The lowest BCUT2D eigenvalue weighted by Crippen LogP contribution is -2.37. The van der Waals surface area contributed by atoms with Crippen LogP contribution in [0.1, 0.15) is 24.8 Å². The summed E-state index contributed by atoms with van der Waals surface area (Å²) in [4.78, 5) is 2.22. The van der Waals surface area contributed by atoms with Gasteiger partial charge in [0.15, 0.2) is 5.84 Å². The van der Waals surface area contributed by atoms with Gasteiger partial charge in [-0.1, -0.05) is 5.16 Å². The van der Waals surface area contributed by atoms with Gasteiger partial charge >= 0.3 is 0 Å². The van der Waals surface area contributed by atoms with Gasteiger partial charge in [0.1, 0.15) is 5.75 Å². The highest BCUT2D eigenvalue weighted by Crippen LogP contribution is 2.30. The van der Waals surface area contributed by atoms with Crippen molar-refractivity contribution in [1.82, 2.24) is 0 Å². The molecule has 0 amide bonds. The minimum Gasteiger partial charge on any atom is -0.497 e. The van der Waals surface area contributed by atoms with E-state index in [1.165, 1.54) is 0 Å². The molecule has 21 heavy (non-hydrogen) atoms. The van der Waals surface area contributed by atoms with Crippen LogP contribution < -0.4 is 15.4 Å². The Morgan fingerprint density at radius 3 is 3.00 bits per heavy atom. The van der Waals surface area contributed by atoms with Gasteiger partial charge in [0, 0.05) is 31.3 Å². The summed E-state index contributed by atoms with van der Waals surface area (Å²) in [5.74, 6) is 1.30. The molecule has 1 aliphatic heterocycles. The molecule has 1 unspecified atom stereocenters. The highest BCUT2D eigenvalue weighted by atomic mass is 16.5. The number of ether oxygens (including phenoxy) is 1. The molecule has 1 heterocycles. The van der Waals surface area contributed by atoms with E-state index in [9.17, 15) is 0 Å². The normalized spacial score (nSPS) is 19.6. The molecule has 1 fully saturated rings. The van der Waals surface area contributed by atoms with Crippen LogP contribution in [0, 0.1) is 5.92 Å². The van der Waals surface area contributed by atoms with Gasteiger partial charge in [-0.05, 0) is 37.3 Å². The third kappa shape index (κ3) is 3.58.